The van der Waals surface area contributed by atoms with Crippen LogP contribution in [0.15, 0.2) is 23.1 Å². The van der Waals surface area contributed by atoms with Crippen LogP contribution in [0, 0.1) is 11.3 Å². The third-order valence-corrected chi connectivity index (χ3v) is 5.45. The van der Waals surface area contributed by atoms with E-state index in [1.807, 2.05) is 6.07 Å². The summed E-state index contributed by atoms with van der Waals surface area (Å²) >= 11 is 5.93. The van der Waals surface area contributed by atoms with Crippen LogP contribution in [0.5, 0.6) is 0 Å². The average molecular weight is 328 g/mol. The topological polar surface area (TPSA) is 73.2 Å². The first-order valence-corrected chi connectivity index (χ1v) is 8.77. The third-order valence-electron chi connectivity index (χ3n) is 3.51. The van der Waals surface area contributed by atoms with Crippen LogP contribution in [0.2, 0.25) is 5.02 Å². The Morgan fingerprint density at radius 1 is 1.48 bits per heavy atom. The fourth-order valence-electron chi connectivity index (χ4n) is 2.22. The average Bonchev–Trinajstić information content (AvgIpc) is 3.28. The minimum Gasteiger partial charge on any atom is -0.299 e. The van der Waals surface area contributed by atoms with Crippen molar-refractivity contribution in [3.05, 3.63) is 28.8 Å². The normalized spacial score (nSPS) is 15.1. The van der Waals surface area contributed by atoms with Gasteiger partial charge in [-0.15, -0.1) is 0 Å². The molecule has 0 aliphatic heterocycles. The highest BCUT2D eigenvalue weighted by Gasteiger charge is 2.27. The SMILES string of the molecule is CCN(CCNS(=O)(=O)c1cc(C#N)ccc1Cl)C1CC1. The van der Waals surface area contributed by atoms with Crippen LogP contribution < -0.4 is 4.72 Å². The maximum atomic E-state index is 12.3. The maximum Gasteiger partial charge on any atom is 0.242 e. The molecule has 0 aromatic heterocycles. The fourth-order valence-corrected chi connectivity index (χ4v) is 3.76. The van der Waals surface area contributed by atoms with Crippen molar-refractivity contribution in [1.82, 2.24) is 9.62 Å². The van der Waals surface area contributed by atoms with Crippen molar-refractivity contribution in [3.8, 4) is 6.07 Å². The van der Waals surface area contributed by atoms with Gasteiger partial charge in [-0.05, 0) is 37.6 Å². The number of nitriles is 1. The molecule has 1 aliphatic carbocycles. The van der Waals surface area contributed by atoms with Crippen LogP contribution in [-0.4, -0.2) is 39.0 Å². The van der Waals surface area contributed by atoms with E-state index in [4.69, 9.17) is 16.9 Å². The Morgan fingerprint density at radius 2 is 2.19 bits per heavy atom. The summed E-state index contributed by atoms with van der Waals surface area (Å²) in [7, 11) is -3.69. The summed E-state index contributed by atoms with van der Waals surface area (Å²) in [6.45, 7) is 3.99. The Kier molecular flexibility index (Phi) is 5.22. The van der Waals surface area contributed by atoms with E-state index in [2.05, 4.69) is 16.5 Å². The number of nitrogens with one attached hydrogen (secondary N) is 1. The number of halogens is 1. The lowest BCUT2D eigenvalue weighted by Gasteiger charge is -2.19. The largest absolute Gasteiger partial charge is 0.299 e. The molecular weight excluding hydrogens is 310 g/mol. The number of benzene rings is 1. The summed E-state index contributed by atoms with van der Waals surface area (Å²) in [6.07, 6.45) is 2.38. The minimum absolute atomic E-state index is 0.0438. The Hall–Kier alpha value is -1.13. The Bertz CT molecular complexity index is 651. The minimum atomic E-state index is -3.69. The standard InChI is InChI=1S/C14H18ClN3O2S/c1-2-18(12-4-5-12)8-7-17-21(19,20)14-9-11(10-16)3-6-13(14)15/h3,6,9,12,17H,2,4-5,7-8H2,1H3. The van der Waals surface area contributed by atoms with Gasteiger partial charge in [-0.25, -0.2) is 13.1 Å². The van der Waals surface area contributed by atoms with E-state index in [0.29, 0.717) is 19.1 Å². The molecule has 7 heteroatoms. The molecule has 0 heterocycles. The van der Waals surface area contributed by atoms with Crippen LogP contribution >= 0.6 is 11.6 Å². The van der Waals surface area contributed by atoms with Crippen LogP contribution in [0.4, 0.5) is 0 Å². The third kappa shape index (κ3) is 4.17. The smallest absolute Gasteiger partial charge is 0.242 e. The van der Waals surface area contributed by atoms with Gasteiger partial charge in [-0.1, -0.05) is 18.5 Å². The van der Waals surface area contributed by atoms with Gasteiger partial charge < -0.3 is 0 Å². The van der Waals surface area contributed by atoms with Gasteiger partial charge in [0.2, 0.25) is 10.0 Å². The number of rotatable bonds is 7. The van der Waals surface area contributed by atoms with Crippen molar-refractivity contribution < 1.29 is 8.42 Å². The molecule has 2 rings (SSSR count). The van der Waals surface area contributed by atoms with Gasteiger partial charge in [0.05, 0.1) is 16.7 Å². The number of nitrogens with zero attached hydrogens (tertiary/aromatic N) is 2. The van der Waals surface area contributed by atoms with Crippen LogP contribution in [0.25, 0.3) is 0 Å². The molecule has 0 saturated heterocycles. The van der Waals surface area contributed by atoms with Crippen molar-refractivity contribution in [3.63, 3.8) is 0 Å². The molecule has 0 unspecified atom stereocenters. The second-order valence-corrected chi connectivity index (χ2v) is 7.16. The zero-order valence-electron chi connectivity index (χ0n) is 11.8. The van der Waals surface area contributed by atoms with Gasteiger partial charge in [-0.2, -0.15) is 5.26 Å². The van der Waals surface area contributed by atoms with E-state index in [1.54, 1.807) is 0 Å². The van der Waals surface area contributed by atoms with E-state index in [-0.39, 0.29) is 15.5 Å². The van der Waals surface area contributed by atoms with Gasteiger partial charge >= 0.3 is 0 Å². The molecule has 1 aromatic rings. The Labute approximate surface area is 130 Å². The van der Waals surface area contributed by atoms with Crippen LogP contribution in [-0.2, 0) is 10.0 Å². The number of likely N-dealkylation sites (N-methyl/N-ethyl adjacent to an activating group) is 1. The molecule has 0 radical (unpaired) electrons. The molecule has 1 aliphatic rings. The lowest BCUT2D eigenvalue weighted by molar-refractivity contribution is 0.282. The first-order chi connectivity index (χ1) is 9.97. The predicted octanol–water partition coefficient (Wildman–Crippen LogP) is 1.97. The molecule has 21 heavy (non-hydrogen) atoms. The quantitative estimate of drug-likeness (QED) is 0.831. The molecule has 1 N–H and O–H groups in total. The summed E-state index contributed by atoms with van der Waals surface area (Å²) in [5.74, 6) is 0. The fraction of sp³-hybridized carbons (Fsp3) is 0.500. The first-order valence-electron chi connectivity index (χ1n) is 6.91. The van der Waals surface area contributed by atoms with Crippen LogP contribution in [0.3, 0.4) is 0 Å². The van der Waals surface area contributed by atoms with Crippen molar-refractivity contribution in [2.24, 2.45) is 0 Å². The summed E-state index contributed by atoms with van der Waals surface area (Å²) < 4.78 is 27.1. The number of hydrogen-bond acceptors (Lipinski definition) is 4. The van der Waals surface area contributed by atoms with Gasteiger partial charge in [-0.3, -0.25) is 4.90 Å². The zero-order chi connectivity index (χ0) is 15.5. The lowest BCUT2D eigenvalue weighted by Crippen LogP contribution is -2.36. The van der Waals surface area contributed by atoms with Gasteiger partial charge in [0, 0.05) is 19.1 Å². The molecule has 114 valence electrons. The molecule has 0 spiro atoms. The molecule has 0 bridgehead atoms. The van der Waals surface area contributed by atoms with Crippen molar-refractivity contribution in [2.45, 2.75) is 30.7 Å². The number of sulfonamides is 1. The predicted molar refractivity (Wildman–Crippen MR) is 81.6 cm³/mol. The molecule has 1 saturated carbocycles. The highest BCUT2D eigenvalue weighted by atomic mass is 35.5. The Morgan fingerprint density at radius 3 is 2.76 bits per heavy atom. The summed E-state index contributed by atoms with van der Waals surface area (Å²) in [5, 5.41) is 8.97. The lowest BCUT2D eigenvalue weighted by atomic mass is 10.2. The monoisotopic (exact) mass is 327 g/mol. The highest BCUT2D eigenvalue weighted by molar-refractivity contribution is 7.89. The van der Waals surface area contributed by atoms with E-state index in [1.165, 1.54) is 31.0 Å². The molecule has 1 fully saturated rings. The van der Waals surface area contributed by atoms with E-state index in [9.17, 15) is 8.42 Å². The van der Waals surface area contributed by atoms with Crippen molar-refractivity contribution in [2.75, 3.05) is 19.6 Å². The second kappa shape index (κ2) is 6.75. The second-order valence-electron chi connectivity index (χ2n) is 5.01. The molecule has 0 amide bonds. The van der Waals surface area contributed by atoms with Crippen molar-refractivity contribution >= 4 is 21.6 Å². The summed E-state index contributed by atoms with van der Waals surface area (Å²) in [4.78, 5) is 2.22. The summed E-state index contributed by atoms with van der Waals surface area (Å²) in [5.41, 5.74) is 0.271. The van der Waals surface area contributed by atoms with Gasteiger partial charge in [0.25, 0.3) is 0 Å². The molecule has 5 nitrogen and oxygen atoms in total. The first kappa shape index (κ1) is 16.2. The molecular formula is C14H18ClN3O2S. The van der Waals surface area contributed by atoms with Gasteiger partial charge in [0.15, 0.2) is 0 Å². The van der Waals surface area contributed by atoms with E-state index >= 15 is 0 Å². The molecule has 0 atom stereocenters. The Balaban J connectivity index is 2.03. The summed E-state index contributed by atoms with van der Waals surface area (Å²) in [6, 6.07) is 6.73. The highest BCUT2D eigenvalue weighted by Crippen LogP contribution is 2.26. The maximum absolute atomic E-state index is 12.3. The van der Waals surface area contributed by atoms with E-state index in [0.717, 1.165) is 6.54 Å². The van der Waals surface area contributed by atoms with Crippen molar-refractivity contribution in [1.29, 1.82) is 5.26 Å². The zero-order valence-corrected chi connectivity index (χ0v) is 13.4. The number of hydrogen-bond donors (Lipinski definition) is 1. The van der Waals surface area contributed by atoms with Crippen LogP contribution in [0.1, 0.15) is 25.3 Å². The van der Waals surface area contributed by atoms with E-state index < -0.39 is 10.0 Å². The molecule has 1 aromatic carbocycles. The van der Waals surface area contributed by atoms with Gasteiger partial charge in [0.1, 0.15) is 4.90 Å².